The van der Waals surface area contributed by atoms with Crippen LogP contribution in [0.2, 0.25) is 0 Å². The first-order valence-corrected chi connectivity index (χ1v) is 13.3. The van der Waals surface area contributed by atoms with Crippen LogP contribution in [0.4, 0.5) is 8.78 Å². The predicted molar refractivity (Wildman–Crippen MR) is 131 cm³/mol. The van der Waals surface area contributed by atoms with Gasteiger partial charge in [-0.15, -0.1) is 0 Å². The van der Waals surface area contributed by atoms with Crippen molar-refractivity contribution in [2.75, 3.05) is 6.61 Å². The second-order valence-corrected chi connectivity index (χ2v) is 10.1. The molecule has 2 saturated heterocycles. The molecule has 11 atom stereocenters. The maximum absolute atomic E-state index is 14.1. The number of aliphatic carboxylic acids is 1. The zero-order chi connectivity index (χ0) is 31.7. The van der Waals surface area contributed by atoms with E-state index < -0.39 is 114 Å². The maximum Gasteiger partial charge on any atom is 0.336 e. The number of halogens is 2. The summed E-state index contributed by atoms with van der Waals surface area (Å²) in [5.74, 6) is -2.50. The van der Waals surface area contributed by atoms with E-state index in [4.69, 9.17) is 23.4 Å². The summed E-state index contributed by atoms with van der Waals surface area (Å²) in [7, 11) is 0. The zero-order valence-corrected chi connectivity index (χ0v) is 22.5. The van der Waals surface area contributed by atoms with Gasteiger partial charge in [0.05, 0.1) is 6.61 Å². The Balaban J connectivity index is 1.63. The van der Waals surface area contributed by atoms with E-state index in [1.165, 1.54) is 13.0 Å². The van der Waals surface area contributed by atoms with E-state index >= 15 is 0 Å². The van der Waals surface area contributed by atoms with Crippen LogP contribution < -0.4 is 15.8 Å². The minimum atomic E-state index is -3.29. The Morgan fingerprint density at radius 2 is 1.81 bits per heavy atom. The number of aliphatic hydroxyl groups is 5. The number of nitrogens with one attached hydrogen (secondary N) is 1. The highest BCUT2D eigenvalue weighted by atomic mass is 32.2. The number of ether oxygens (including phenoxy) is 4. The fraction of sp³-hybridized carbons (Fsp3) is 0.565. The number of benzene rings is 1. The van der Waals surface area contributed by atoms with Crippen molar-refractivity contribution in [3.8, 4) is 5.75 Å². The molecule has 4 rings (SSSR count). The molecule has 7 N–H and O–H groups in total. The summed E-state index contributed by atoms with van der Waals surface area (Å²) >= 11 is -3.21. The van der Waals surface area contributed by atoms with Gasteiger partial charge in [0.2, 0.25) is 6.29 Å². The number of carbonyl (C=O) groups is 1. The minimum Gasteiger partial charge on any atom is -0.748 e. The molecule has 2 fully saturated rings. The molecule has 1 aromatic heterocycles. The lowest BCUT2D eigenvalue weighted by Gasteiger charge is -2.46. The number of aliphatic hydroxyl groups excluding tert-OH is 5. The third-order valence-electron chi connectivity index (χ3n) is 6.79. The van der Waals surface area contributed by atoms with Gasteiger partial charge in [0, 0.05) is 11.5 Å². The monoisotopic (exact) mass is 642 g/mol. The molecule has 17 nitrogen and oxygen atoms in total. The Hall–Kier alpha value is -2.73. The third kappa shape index (κ3) is 6.84. The van der Waals surface area contributed by atoms with Crippen LogP contribution in [0.15, 0.2) is 27.4 Å². The van der Waals surface area contributed by atoms with Crippen molar-refractivity contribution in [1.29, 1.82) is 0 Å². The van der Waals surface area contributed by atoms with Gasteiger partial charge in [-0.1, -0.05) is 0 Å². The summed E-state index contributed by atoms with van der Waals surface area (Å²) in [6, 6.07) is 1.59. The Morgan fingerprint density at radius 3 is 2.42 bits per heavy atom. The van der Waals surface area contributed by atoms with Crippen LogP contribution in [0, 0.1) is 6.92 Å². The highest BCUT2D eigenvalue weighted by Crippen LogP contribution is 2.38. The molecule has 1 unspecified atom stereocenters. The van der Waals surface area contributed by atoms with Crippen molar-refractivity contribution in [2.45, 2.75) is 74.7 Å². The molecule has 2 aromatic rings. The third-order valence-corrected chi connectivity index (χ3v) is 7.02. The van der Waals surface area contributed by atoms with E-state index in [9.17, 15) is 57.8 Å². The van der Waals surface area contributed by atoms with Crippen molar-refractivity contribution < 1.29 is 80.6 Å². The molecule has 0 saturated carbocycles. The SMILES string of the molecule is Cc1cc(=O)oc2c(C(F)F)c(O[C@@H]3O[C@H](C(=O)O)[C@@H](O[C@H]4O[C@H](CO)[C@@H](O)[C@H](O)[C@H]4NOS(=O)[O-])[C@H](O)[C@H]3O)ccc12. The lowest BCUT2D eigenvalue weighted by molar-refractivity contribution is -0.336. The van der Waals surface area contributed by atoms with Crippen LogP contribution in [0.1, 0.15) is 17.6 Å². The molecule has 0 radical (unpaired) electrons. The summed E-state index contributed by atoms with van der Waals surface area (Å²) in [6.07, 6.45) is -21.4. The van der Waals surface area contributed by atoms with E-state index in [2.05, 4.69) is 4.28 Å². The molecular formula is C23H26F2NO16S-. The number of hydrogen-bond acceptors (Lipinski definition) is 16. The van der Waals surface area contributed by atoms with Crippen molar-refractivity contribution in [3.63, 3.8) is 0 Å². The molecule has 2 aliphatic rings. The quantitative estimate of drug-likeness (QED) is 0.0799. The second kappa shape index (κ2) is 13.5. The van der Waals surface area contributed by atoms with Crippen LogP contribution >= 0.6 is 0 Å². The molecule has 0 bridgehead atoms. The van der Waals surface area contributed by atoms with Crippen LogP contribution in [0.5, 0.6) is 5.75 Å². The van der Waals surface area contributed by atoms with Crippen LogP contribution in [-0.2, 0) is 34.7 Å². The predicted octanol–water partition coefficient (Wildman–Crippen LogP) is -2.54. The minimum absolute atomic E-state index is 0.137. The molecule has 0 spiro atoms. The topological polar surface area (TPSA) is 267 Å². The number of carboxylic acids is 1. The molecule has 1 aromatic carbocycles. The average molecular weight is 643 g/mol. The summed E-state index contributed by atoms with van der Waals surface area (Å²) < 4.78 is 80.4. The molecular weight excluding hydrogens is 616 g/mol. The zero-order valence-electron chi connectivity index (χ0n) is 21.7. The highest BCUT2D eigenvalue weighted by molar-refractivity contribution is 7.74. The first-order chi connectivity index (χ1) is 20.2. The van der Waals surface area contributed by atoms with Crippen molar-refractivity contribution >= 4 is 28.3 Å². The van der Waals surface area contributed by atoms with Crippen LogP contribution in [-0.4, -0.2) is 113 Å². The Kier molecular flexibility index (Phi) is 10.4. The van der Waals surface area contributed by atoms with Crippen LogP contribution in [0.3, 0.4) is 0 Å². The van der Waals surface area contributed by atoms with Gasteiger partial charge < -0.3 is 58.6 Å². The Labute approximate surface area is 241 Å². The van der Waals surface area contributed by atoms with Gasteiger partial charge in [-0.05, 0) is 24.6 Å². The summed E-state index contributed by atoms with van der Waals surface area (Å²) in [5.41, 5.74) is -0.265. The molecule has 0 amide bonds. The largest absolute Gasteiger partial charge is 0.748 e. The first-order valence-electron chi connectivity index (χ1n) is 12.3. The smallest absolute Gasteiger partial charge is 0.336 e. The van der Waals surface area contributed by atoms with Gasteiger partial charge in [0.1, 0.15) is 65.3 Å². The lowest BCUT2D eigenvalue weighted by Crippen LogP contribution is -2.67. The summed E-state index contributed by atoms with van der Waals surface area (Å²) in [6.45, 7) is 0.573. The number of aryl methyl sites for hydroxylation is 1. The van der Waals surface area contributed by atoms with Gasteiger partial charge >= 0.3 is 11.6 Å². The number of carboxylic acid groups (broad SMARTS) is 1. The van der Waals surface area contributed by atoms with Gasteiger partial charge in [-0.2, -0.15) is 5.48 Å². The van der Waals surface area contributed by atoms with Gasteiger partial charge in [0.25, 0.3) is 6.43 Å². The number of fused-ring (bicyclic) bond motifs is 1. The van der Waals surface area contributed by atoms with Gasteiger partial charge in [-0.3, -0.25) is 0 Å². The molecule has 240 valence electrons. The van der Waals surface area contributed by atoms with Crippen molar-refractivity contribution in [3.05, 3.63) is 39.7 Å². The lowest BCUT2D eigenvalue weighted by atomic mass is 9.96. The first kappa shape index (κ1) is 33.2. The normalized spacial score (nSPS) is 33.9. The maximum atomic E-state index is 14.1. The van der Waals surface area contributed by atoms with E-state index in [-0.39, 0.29) is 5.39 Å². The molecule has 43 heavy (non-hydrogen) atoms. The number of alkyl halides is 2. The van der Waals surface area contributed by atoms with Gasteiger partial charge in [0.15, 0.2) is 18.0 Å². The standard InChI is InChI=1S/C23H27F2NO16S/c1-6-4-10(28)39-17-7(6)2-3-8(11(17)20(24)25)37-23-16(32)15(31)18(19(41-23)21(33)34)40-22-12(26-42-43(35)36)14(30)13(29)9(5-27)38-22/h2-4,9,12-16,18-20,22-23,26-27,29-32H,5H2,1H3,(H,33,34)(H,35,36)/p-1/t9-,12-,13-,14-,15-,16-,18+,19+,22-,23-/m1/s1. The highest BCUT2D eigenvalue weighted by Gasteiger charge is 2.53. The molecule has 20 heteroatoms. The second-order valence-electron chi connectivity index (χ2n) is 9.50. The van der Waals surface area contributed by atoms with E-state index in [1.807, 2.05) is 5.48 Å². The Morgan fingerprint density at radius 1 is 1.12 bits per heavy atom. The summed E-state index contributed by atoms with van der Waals surface area (Å²) in [4.78, 5) is 23.9. The van der Waals surface area contributed by atoms with E-state index in [0.717, 1.165) is 12.1 Å². The Bertz CT molecular complexity index is 1400. The summed E-state index contributed by atoms with van der Waals surface area (Å²) in [5, 5.41) is 61.5. The van der Waals surface area contributed by atoms with Crippen molar-refractivity contribution in [1.82, 2.24) is 5.48 Å². The van der Waals surface area contributed by atoms with E-state index in [0.29, 0.717) is 5.56 Å². The van der Waals surface area contributed by atoms with Gasteiger partial charge in [-0.25, -0.2) is 26.9 Å². The van der Waals surface area contributed by atoms with Crippen molar-refractivity contribution in [2.24, 2.45) is 0 Å². The molecule has 0 aliphatic carbocycles. The molecule has 2 aliphatic heterocycles. The number of hydrogen-bond donors (Lipinski definition) is 7. The van der Waals surface area contributed by atoms with Crippen LogP contribution in [0.25, 0.3) is 11.0 Å². The van der Waals surface area contributed by atoms with E-state index in [1.54, 1.807) is 0 Å². The molecule has 3 heterocycles. The fourth-order valence-electron chi connectivity index (χ4n) is 4.68. The number of rotatable bonds is 10. The fourth-order valence-corrected chi connectivity index (χ4v) is 4.87. The number of hydroxylamine groups is 1. The average Bonchev–Trinajstić information content (AvgIpc) is 2.93.